The lowest BCUT2D eigenvalue weighted by molar-refractivity contribution is -0.167. The van der Waals surface area contributed by atoms with Crippen LogP contribution in [0.15, 0.2) is 24.3 Å². The van der Waals surface area contributed by atoms with Crippen molar-refractivity contribution >= 4 is 35.2 Å². The Balaban J connectivity index is 1.84. The number of hydrogen-bond donors (Lipinski definition) is 4. The maximum absolute atomic E-state index is 12.7. The molecular formula is C14H15F3N4O3S. The van der Waals surface area contributed by atoms with Gasteiger partial charge in [0.1, 0.15) is 11.5 Å². The number of benzene rings is 1. The van der Waals surface area contributed by atoms with Crippen molar-refractivity contribution in [2.24, 2.45) is 5.73 Å². The second kappa shape index (κ2) is 7.74. The van der Waals surface area contributed by atoms with E-state index in [1.165, 1.54) is 24.3 Å². The minimum atomic E-state index is -4.54. The molecule has 2 atom stereocenters. The number of anilines is 1. The van der Waals surface area contributed by atoms with Crippen molar-refractivity contribution in [2.45, 2.75) is 24.1 Å². The van der Waals surface area contributed by atoms with E-state index in [1.54, 1.807) is 0 Å². The smallest absolute Gasteiger partial charge is 0.366 e. The van der Waals surface area contributed by atoms with Crippen LogP contribution < -0.4 is 21.7 Å². The number of nitrogens with two attached hydrogens (primary N) is 1. The monoisotopic (exact) mass is 376 g/mol. The van der Waals surface area contributed by atoms with E-state index in [-0.39, 0.29) is 11.3 Å². The summed E-state index contributed by atoms with van der Waals surface area (Å²) in [5, 5.41) is 7.10. The topological polar surface area (TPSA) is 113 Å². The molecule has 0 radical (unpaired) electrons. The standard InChI is InChI=1S/C14H15F3N4O3S/c15-14(16,17)9-5-10(22)21-13(20-9)25-6-11(23)19-8-3-1-7(2-4-8)12(18)24/h1-4,9,13,20H,5-6H2,(H2,18,24)(H,19,23)(H,21,22). The van der Waals surface area contributed by atoms with Crippen molar-refractivity contribution in [3.05, 3.63) is 29.8 Å². The van der Waals surface area contributed by atoms with Crippen LogP contribution in [0.2, 0.25) is 0 Å². The summed E-state index contributed by atoms with van der Waals surface area (Å²) < 4.78 is 38.1. The molecule has 25 heavy (non-hydrogen) atoms. The zero-order valence-corrected chi connectivity index (χ0v) is 13.5. The molecule has 3 amide bonds. The SMILES string of the molecule is NC(=O)c1ccc(NC(=O)CSC2NC(=O)CC(C(F)(F)F)N2)cc1. The fraction of sp³-hybridized carbons (Fsp3) is 0.357. The summed E-state index contributed by atoms with van der Waals surface area (Å²) in [6, 6.07) is 3.87. The molecule has 5 N–H and O–H groups in total. The highest BCUT2D eigenvalue weighted by Crippen LogP contribution is 2.26. The molecule has 0 saturated carbocycles. The quantitative estimate of drug-likeness (QED) is 0.607. The normalized spacial score (nSPS) is 20.7. The first kappa shape index (κ1) is 19.1. The molecule has 0 aliphatic carbocycles. The van der Waals surface area contributed by atoms with Crippen LogP contribution in [-0.2, 0) is 9.59 Å². The molecule has 1 aromatic rings. The van der Waals surface area contributed by atoms with E-state index >= 15 is 0 Å². The fourth-order valence-corrected chi connectivity index (χ4v) is 2.91. The van der Waals surface area contributed by atoms with Gasteiger partial charge in [-0.05, 0) is 24.3 Å². The molecule has 1 aliphatic rings. The van der Waals surface area contributed by atoms with Crippen LogP contribution in [0.5, 0.6) is 0 Å². The Bertz CT molecular complexity index is 666. The van der Waals surface area contributed by atoms with Crippen molar-refractivity contribution in [1.29, 1.82) is 0 Å². The molecule has 2 unspecified atom stereocenters. The molecule has 1 aromatic carbocycles. The lowest BCUT2D eigenvalue weighted by Gasteiger charge is -2.32. The van der Waals surface area contributed by atoms with Crippen LogP contribution >= 0.6 is 11.8 Å². The summed E-state index contributed by atoms with van der Waals surface area (Å²) in [7, 11) is 0. The molecule has 2 rings (SSSR count). The Morgan fingerprint density at radius 2 is 1.92 bits per heavy atom. The maximum atomic E-state index is 12.7. The van der Waals surface area contributed by atoms with Crippen molar-refractivity contribution in [1.82, 2.24) is 10.6 Å². The summed E-state index contributed by atoms with van der Waals surface area (Å²) >= 11 is 0.827. The molecule has 136 valence electrons. The molecule has 1 aliphatic heterocycles. The van der Waals surface area contributed by atoms with Crippen LogP contribution in [0.3, 0.4) is 0 Å². The summed E-state index contributed by atoms with van der Waals surface area (Å²) in [6.45, 7) is 0. The molecule has 0 bridgehead atoms. The van der Waals surface area contributed by atoms with Crippen LogP contribution in [0.25, 0.3) is 0 Å². The largest absolute Gasteiger partial charge is 0.404 e. The number of rotatable bonds is 5. The van der Waals surface area contributed by atoms with Crippen LogP contribution in [0.1, 0.15) is 16.8 Å². The summed E-state index contributed by atoms with van der Waals surface area (Å²) in [5.74, 6) is -1.99. The lowest BCUT2D eigenvalue weighted by atomic mass is 10.1. The van der Waals surface area contributed by atoms with Gasteiger partial charge < -0.3 is 16.4 Å². The van der Waals surface area contributed by atoms with Crippen molar-refractivity contribution in [3.8, 4) is 0 Å². The van der Waals surface area contributed by atoms with E-state index in [0.29, 0.717) is 5.69 Å². The van der Waals surface area contributed by atoms with E-state index in [0.717, 1.165) is 11.8 Å². The number of carbonyl (C=O) groups is 3. The predicted octanol–water partition coefficient (Wildman–Crippen LogP) is 0.781. The summed E-state index contributed by atoms with van der Waals surface area (Å²) in [4.78, 5) is 34.1. The van der Waals surface area contributed by atoms with Gasteiger partial charge in [0.25, 0.3) is 0 Å². The Kier molecular flexibility index (Phi) is 5.90. The second-order valence-corrected chi connectivity index (χ2v) is 6.31. The van der Waals surface area contributed by atoms with Gasteiger partial charge in [-0.1, -0.05) is 0 Å². The van der Waals surface area contributed by atoms with E-state index in [9.17, 15) is 27.6 Å². The molecule has 11 heteroatoms. The first-order valence-electron chi connectivity index (χ1n) is 7.08. The van der Waals surface area contributed by atoms with Crippen molar-refractivity contribution < 1.29 is 27.6 Å². The Morgan fingerprint density at radius 3 is 2.48 bits per heavy atom. The van der Waals surface area contributed by atoms with Crippen LogP contribution in [0, 0.1) is 0 Å². The lowest BCUT2D eigenvalue weighted by Crippen LogP contribution is -2.59. The first-order chi connectivity index (χ1) is 11.6. The number of hydrogen-bond acceptors (Lipinski definition) is 5. The number of primary amides is 1. The van der Waals surface area contributed by atoms with Gasteiger partial charge >= 0.3 is 6.18 Å². The molecule has 0 aromatic heterocycles. The van der Waals surface area contributed by atoms with Crippen LogP contribution in [-0.4, -0.2) is 41.2 Å². The zero-order chi connectivity index (χ0) is 18.6. The highest BCUT2D eigenvalue weighted by atomic mass is 32.2. The number of alkyl halides is 3. The van der Waals surface area contributed by atoms with Gasteiger partial charge in [-0.25, -0.2) is 0 Å². The maximum Gasteiger partial charge on any atom is 0.404 e. The molecule has 1 heterocycles. The van der Waals surface area contributed by atoms with Gasteiger partial charge in [0.05, 0.1) is 12.2 Å². The minimum Gasteiger partial charge on any atom is -0.366 e. The minimum absolute atomic E-state index is 0.180. The fourth-order valence-electron chi connectivity index (χ4n) is 2.05. The summed E-state index contributed by atoms with van der Waals surface area (Å²) in [5.41, 5.74) is 4.76. The molecule has 7 nitrogen and oxygen atoms in total. The van der Waals surface area contributed by atoms with E-state index in [2.05, 4.69) is 16.0 Å². The van der Waals surface area contributed by atoms with Crippen molar-refractivity contribution in [3.63, 3.8) is 0 Å². The Hall–Kier alpha value is -2.27. The van der Waals surface area contributed by atoms with E-state index < -0.39 is 41.9 Å². The third kappa shape index (κ3) is 5.64. The molecule has 1 saturated heterocycles. The predicted molar refractivity (Wildman–Crippen MR) is 85.6 cm³/mol. The van der Waals surface area contributed by atoms with Crippen LogP contribution in [0.4, 0.5) is 18.9 Å². The molecular weight excluding hydrogens is 361 g/mol. The van der Waals surface area contributed by atoms with E-state index in [1.807, 2.05) is 0 Å². The van der Waals surface area contributed by atoms with Gasteiger partial charge in [0.2, 0.25) is 17.7 Å². The number of nitrogens with one attached hydrogen (secondary N) is 3. The zero-order valence-electron chi connectivity index (χ0n) is 12.7. The molecule has 0 spiro atoms. The van der Waals surface area contributed by atoms with Gasteiger partial charge in [-0.15, -0.1) is 11.8 Å². The average Bonchev–Trinajstić information content (AvgIpc) is 2.52. The number of halogens is 3. The second-order valence-electron chi connectivity index (χ2n) is 5.21. The average molecular weight is 376 g/mol. The highest BCUT2D eigenvalue weighted by molar-refractivity contribution is 8.00. The van der Waals surface area contributed by atoms with E-state index in [4.69, 9.17) is 5.73 Å². The van der Waals surface area contributed by atoms with Gasteiger partial charge in [-0.2, -0.15) is 13.2 Å². The van der Waals surface area contributed by atoms with Gasteiger partial charge in [-0.3, -0.25) is 19.7 Å². The Labute approximate surface area is 144 Å². The molecule has 1 fully saturated rings. The summed E-state index contributed by atoms with van der Waals surface area (Å²) in [6.07, 6.45) is -5.24. The Morgan fingerprint density at radius 1 is 1.28 bits per heavy atom. The number of amides is 3. The first-order valence-corrected chi connectivity index (χ1v) is 8.13. The number of carbonyl (C=O) groups excluding carboxylic acids is 3. The highest BCUT2D eigenvalue weighted by Gasteiger charge is 2.44. The van der Waals surface area contributed by atoms with Gasteiger partial charge in [0.15, 0.2) is 0 Å². The third-order valence-electron chi connectivity index (χ3n) is 3.26. The van der Waals surface area contributed by atoms with Crippen molar-refractivity contribution in [2.75, 3.05) is 11.1 Å². The third-order valence-corrected chi connectivity index (χ3v) is 4.28. The number of thioether (sulfide) groups is 1. The van der Waals surface area contributed by atoms with Gasteiger partial charge in [0, 0.05) is 11.3 Å².